The third kappa shape index (κ3) is 3.16. The van der Waals surface area contributed by atoms with Crippen molar-refractivity contribution in [1.82, 2.24) is 14.9 Å². The van der Waals surface area contributed by atoms with Gasteiger partial charge in [-0.2, -0.15) is 0 Å². The van der Waals surface area contributed by atoms with Gasteiger partial charge in [-0.05, 0) is 26.0 Å². The van der Waals surface area contributed by atoms with Gasteiger partial charge in [0, 0.05) is 11.8 Å². The zero-order valence-electron chi connectivity index (χ0n) is 12.6. The molecule has 22 heavy (non-hydrogen) atoms. The van der Waals surface area contributed by atoms with E-state index in [-0.39, 0.29) is 12.1 Å². The summed E-state index contributed by atoms with van der Waals surface area (Å²) in [6.45, 7) is 4.77. The van der Waals surface area contributed by atoms with E-state index in [9.17, 15) is 4.79 Å². The Morgan fingerprint density at radius 3 is 3.00 bits per heavy atom. The lowest BCUT2D eigenvalue weighted by atomic mass is 10.2. The molecule has 1 aromatic heterocycles. The quantitative estimate of drug-likeness (QED) is 0.878. The number of amides is 2. The van der Waals surface area contributed by atoms with Crippen LogP contribution in [0.1, 0.15) is 18.3 Å². The highest BCUT2D eigenvalue weighted by atomic mass is 16.5. The third-order valence-corrected chi connectivity index (χ3v) is 3.44. The number of ether oxygens (including phenoxy) is 1. The summed E-state index contributed by atoms with van der Waals surface area (Å²) < 4.78 is 5.86. The third-order valence-electron chi connectivity index (χ3n) is 3.44. The van der Waals surface area contributed by atoms with Crippen LogP contribution >= 0.6 is 0 Å². The summed E-state index contributed by atoms with van der Waals surface area (Å²) in [7, 11) is 0. The maximum Gasteiger partial charge on any atom is 0.323 e. The zero-order chi connectivity index (χ0) is 15.5. The Morgan fingerprint density at radius 2 is 2.18 bits per heavy atom. The van der Waals surface area contributed by atoms with Crippen molar-refractivity contribution in [3.63, 3.8) is 0 Å². The molecule has 1 aliphatic heterocycles. The lowest BCUT2D eigenvalue weighted by Gasteiger charge is -2.22. The molecule has 0 spiro atoms. The Hall–Kier alpha value is -2.63. The molecular formula is C16H18N4O2. The first-order chi connectivity index (χ1) is 10.6. The first-order valence-electron chi connectivity index (χ1n) is 7.22. The highest BCUT2D eigenvalue weighted by Crippen LogP contribution is 2.25. The van der Waals surface area contributed by atoms with Crippen LogP contribution in [0.2, 0.25) is 0 Å². The Morgan fingerprint density at radius 1 is 1.36 bits per heavy atom. The molecule has 2 amide bonds. The SMILES string of the molecule is Cc1nccc(NC(=O)N2Cc3ccccc3O[C@@H](C)C2)n1. The predicted octanol–water partition coefficient (Wildman–Crippen LogP) is 2.60. The first-order valence-corrected chi connectivity index (χ1v) is 7.22. The molecule has 1 aromatic carbocycles. The number of anilines is 1. The van der Waals surface area contributed by atoms with Crippen molar-refractivity contribution in [2.24, 2.45) is 0 Å². The van der Waals surface area contributed by atoms with E-state index in [1.165, 1.54) is 0 Å². The van der Waals surface area contributed by atoms with Crippen LogP contribution in [0.15, 0.2) is 36.5 Å². The van der Waals surface area contributed by atoms with Gasteiger partial charge in [0.05, 0.1) is 13.1 Å². The van der Waals surface area contributed by atoms with Crippen molar-refractivity contribution in [2.75, 3.05) is 11.9 Å². The second kappa shape index (κ2) is 6.01. The molecule has 0 aliphatic carbocycles. The van der Waals surface area contributed by atoms with E-state index in [2.05, 4.69) is 15.3 Å². The van der Waals surface area contributed by atoms with E-state index in [1.54, 1.807) is 24.1 Å². The number of para-hydroxylation sites is 1. The summed E-state index contributed by atoms with van der Waals surface area (Å²) in [5, 5.41) is 2.81. The molecule has 1 N–H and O–H groups in total. The van der Waals surface area contributed by atoms with Crippen LogP contribution in [0.5, 0.6) is 5.75 Å². The van der Waals surface area contributed by atoms with Gasteiger partial charge in [-0.25, -0.2) is 14.8 Å². The molecule has 3 rings (SSSR count). The largest absolute Gasteiger partial charge is 0.489 e. The summed E-state index contributed by atoms with van der Waals surface area (Å²) in [6.07, 6.45) is 1.56. The van der Waals surface area contributed by atoms with E-state index in [1.807, 2.05) is 31.2 Å². The minimum Gasteiger partial charge on any atom is -0.489 e. The number of aromatic nitrogens is 2. The number of benzene rings is 1. The summed E-state index contributed by atoms with van der Waals surface area (Å²) >= 11 is 0. The Balaban J connectivity index is 1.77. The van der Waals surface area contributed by atoms with Crippen LogP contribution in [0.25, 0.3) is 0 Å². The number of hydrogen-bond donors (Lipinski definition) is 1. The van der Waals surface area contributed by atoms with Gasteiger partial charge in [-0.1, -0.05) is 18.2 Å². The molecule has 0 bridgehead atoms. The van der Waals surface area contributed by atoms with Crippen LogP contribution in [0, 0.1) is 6.92 Å². The van der Waals surface area contributed by atoms with Gasteiger partial charge in [0.1, 0.15) is 23.5 Å². The highest BCUT2D eigenvalue weighted by Gasteiger charge is 2.23. The fraction of sp³-hybridized carbons (Fsp3) is 0.312. The number of nitrogens with one attached hydrogen (secondary N) is 1. The summed E-state index contributed by atoms with van der Waals surface area (Å²) in [5.41, 5.74) is 1.00. The van der Waals surface area contributed by atoms with E-state index in [0.717, 1.165) is 11.3 Å². The summed E-state index contributed by atoms with van der Waals surface area (Å²) in [4.78, 5) is 22.4. The minimum absolute atomic E-state index is 0.0680. The van der Waals surface area contributed by atoms with Gasteiger partial charge in [0.15, 0.2) is 0 Å². The Bertz CT molecular complexity index is 689. The second-order valence-corrected chi connectivity index (χ2v) is 5.34. The standard InChI is InChI=1S/C16H18N4O2/c1-11-9-20(10-13-5-3-4-6-14(13)22-11)16(21)19-15-7-8-17-12(2)18-15/h3-8,11H,9-10H2,1-2H3,(H,17,18,19,21)/t11-/m0/s1. The van der Waals surface area contributed by atoms with Crippen molar-refractivity contribution >= 4 is 11.8 Å². The number of carbonyl (C=O) groups excluding carboxylic acids is 1. The topological polar surface area (TPSA) is 67.4 Å². The van der Waals surface area contributed by atoms with Crippen molar-refractivity contribution in [2.45, 2.75) is 26.5 Å². The van der Waals surface area contributed by atoms with E-state index >= 15 is 0 Å². The number of rotatable bonds is 1. The summed E-state index contributed by atoms with van der Waals surface area (Å²) in [6, 6.07) is 9.28. The van der Waals surface area contributed by atoms with E-state index in [0.29, 0.717) is 24.7 Å². The van der Waals surface area contributed by atoms with Crippen molar-refractivity contribution in [3.8, 4) is 5.75 Å². The van der Waals surface area contributed by atoms with Crippen LogP contribution in [0.4, 0.5) is 10.6 Å². The molecule has 0 unspecified atom stereocenters. The molecule has 0 radical (unpaired) electrons. The number of nitrogens with zero attached hydrogens (tertiary/aromatic N) is 3. The van der Waals surface area contributed by atoms with Crippen LogP contribution in [-0.4, -0.2) is 33.5 Å². The highest BCUT2D eigenvalue weighted by molar-refractivity contribution is 5.88. The fourth-order valence-electron chi connectivity index (χ4n) is 2.45. The molecule has 0 saturated carbocycles. The van der Waals surface area contributed by atoms with Crippen LogP contribution in [0.3, 0.4) is 0 Å². The first kappa shape index (κ1) is 14.3. The number of urea groups is 1. The second-order valence-electron chi connectivity index (χ2n) is 5.34. The predicted molar refractivity (Wildman–Crippen MR) is 82.7 cm³/mol. The number of hydrogen-bond acceptors (Lipinski definition) is 4. The number of carbonyl (C=O) groups is 1. The van der Waals surface area contributed by atoms with Crippen molar-refractivity contribution in [3.05, 3.63) is 47.9 Å². The Kier molecular flexibility index (Phi) is 3.91. The van der Waals surface area contributed by atoms with Gasteiger partial charge < -0.3 is 9.64 Å². The summed E-state index contributed by atoms with van der Waals surface area (Å²) in [5.74, 6) is 1.96. The number of aryl methyl sites for hydroxylation is 1. The van der Waals surface area contributed by atoms with E-state index < -0.39 is 0 Å². The average molecular weight is 298 g/mol. The van der Waals surface area contributed by atoms with Gasteiger partial charge in [-0.15, -0.1) is 0 Å². The van der Waals surface area contributed by atoms with Crippen molar-refractivity contribution < 1.29 is 9.53 Å². The lowest BCUT2D eigenvalue weighted by molar-refractivity contribution is 0.166. The van der Waals surface area contributed by atoms with Gasteiger partial charge in [0.2, 0.25) is 0 Å². The molecule has 2 heterocycles. The molecule has 0 saturated heterocycles. The normalized spacial score (nSPS) is 17.2. The fourth-order valence-corrected chi connectivity index (χ4v) is 2.45. The smallest absolute Gasteiger partial charge is 0.323 e. The van der Waals surface area contributed by atoms with E-state index in [4.69, 9.17) is 4.74 Å². The molecule has 2 aromatic rings. The maximum atomic E-state index is 12.5. The van der Waals surface area contributed by atoms with Gasteiger partial charge in [0.25, 0.3) is 0 Å². The number of fused-ring (bicyclic) bond motifs is 1. The minimum atomic E-state index is -0.190. The lowest BCUT2D eigenvalue weighted by Crippen LogP contribution is -2.39. The Labute approximate surface area is 129 Å². The molecule has 6 heteroatoms. The van der Waals surface area contributed by atoms with Gasteiger partial charge >= 0.3 is 6.03 Å². The molecule has 6 nitrogen and oxygen atoms in total. The molecule has 1 atom stereocenters. The van der Waals surface area contributed by atoms with Crippen LogP contribution in [-0.2, 0) is 6.54 Å². The zero-order valence-corrected chi connectivity index (χ0v) is 12.6. The van der Waals surface area contributed by atoms with Crippen LogP contribution < -0.4 is 10.1 Å². The average Bonchev–Trinajstić information content (AvgIpc) is 2.65. The molecule has 0 fully saturated rings. The molecule has 114 valence electrons. The molecule has 1 aliphatic rings. The van der Waals surface area contributed by atoms with Gasteiger partial charge in [-0.3, -0.25) is 5.32 Å². The van der Waals surface area contributed by atoms with Crippen molar-refractivity contribution in [1.29, 1.82) is 0 Å². The monoisotopic (exact) mass is 298 g/mol. The maximum absolute atomic E-state index is 12.5. The molecular weight excluding hydrogens is 280 g/mol.